The Morgan fingerprint density at radius 3 is 2.28 bits per heavy atom. The average Bonchev–Trinajstić information content (AvgIpc) is 2.35. The second-order valence-electron chi connectivity index (χ2n) is 5.03. The molecule has 1 aromatic rings. The molecule has 1 rings (SSSR count). The summed E-state index contributed by atoms with van der Waals surface area (Å²) in [6.07, 6.45) is 0. The normalized spacial score (nSPS) is 11.2. The molecule has 18 heavy (non-hydrogen) atoms. The Balaban J connectivity index is 2.61. The summed E-state index contributed by atoms with van der Waals surface area (Å²) in [5.74, 6) is -0.257. The predicted molar refractivity (Wildman–Crippen MR) is 73.7 cm³/mol. The summed E-state index contributed by atoms with van der Waals surface area (Å²) in [5, 5.41) is 3.19. The number of esters is 1. The van der Waals surface area contributed by atoms with Crippen LogP contribution in [0.1, 0.15) is 19.4 Å². The molecule has 0 spiro atoms. The van der Waals surface area contributed by atoms with E-state index in [1.54, 1.807) is 0 Å². The monoisotopic (exact) mass is 250 g/mol. The summed E-state index contributed by atoms with van der Waals surface area (Å²) >= 11 is 0. The largest absolute Gasteiger partial charge is 0.468 e. The maximum Gasteiger partial charge on any atom is 0.325 e. The van der Waals surface area contributed by atoms with Gasteiger partial charge in [-0.25, -0.2) is 0 Å². The first-order valence-electron chi connectivity index (χ1n) is 5.96. The molecule has 0 heterocycles. The van der Waals surface area contributed by atoms with Crippen molar-refractivity contribution in [1.82, 2.24) is 5.32 Å². The Morgan fingerprint density at radius 2 is 1.83 bits per heavy atom. The third-order valence-electron chi connectivity index (χ3n) is 2.88. The van der Waals surface area contributed by atoms with Crippen LogP contribution in [0.2, 0.25) is 0 Å². The van der Waals surface area contributed by atoms with E-state index in [-0.39, 0.29) is 5.97 Å². The highest BCUT2D eigenvalue weighted by Crippen LogP contribution is 2.13. The molecule has 0 aliphatic rings. The number of carbonyl (C=O) groups excluding carboxylic acids is 1. The van der Waals surface area contributed by atoms with E-state index in [4.69, 9.17) is 4.74 Å². The van der Waals surface area contributed by atoms with Crippen molar-refractivity contribution in [3.63, 3.8) is 0 Å². The van der Waals surface area contributed by atoms with E-state index in [9.17, 15) is 4.79 Å². The molecule has 1 aromatic carbocycles. The van der Waals surface area contributed by atoms with E-state index < -0.39 is 5.54 Å². The maximum absolute atomic E-state index is 11.5. The Bertz CT molecular complexity index is 397. The molecule has 0 aliphatic carbocycles. The van der Waals surface area contributed by atoms with Crippen LogP contribution in [-0.2, 0) is 16.1 Å². The van der Waals surface area contributed by atoms with Crippen LogP contribution in [0.4, 0.5) is 5.69 Å². The highest BCUT2D eigenvalue weighted by atomic mass is 16.5. The molecule has 4 nitrogen and oxygen atoms in total. The zero-order chi connectivity index (χ0) is 13.8. The molecule has 4 heteroatoms. The van der Waals surface area contributed by atoms with Gasteiger partial charge >= 0.3 is 5.97 Å². The van der Waals surface area contributed by atoms with Crippen molar-refractivity contribution >= 4 is 11.7 Å². The van der Waals surface area contributed by atoms with E-state index in [2.05, 4.69) is 34.5 Å². The van der Waals surface area contributed by atoms with Crippen molar-refractivity contribution < 1.29 is 9.53 Å². The number of hydrogen-bond donors (Lipinski definition) is 1. The van der Waals surface area contributed by atoms with E-state index in [1.165, 1.54) is 7.11 Å². The average molecular weight is 250 g/mol. The summed E-state index contributed by atoms with van der Waals surface area (Å²) < 4.78 is 4.75. The van der Waals surface area contributed by atoms with Gasteiger partial charge in [0.2, 0.25) is 0 Å². The molecule has 0 amide bonds. The van der Waals surface area contributed by atoms with Gasteiger partial charge in [-0.05, 0) is 31.5 Å². The van der Waals surface area contributed by atoms with Gasteiger partial charge in [-0.3, -0.25) is 10.1 Å². The lowest BCUT2D eigenvalue weighted by atomic mass is 10.1. The first kappa shape index (κ1) is 14.5. The molecule has 0 atom stereocenters. The van der Waals surface area contributed by atoms with Crippen molar-refractivity contribution in [3.8, 4) is 0 Å². The van der Waals surface area contributed by atoms with Gasteiger partial charge in [-0.2, -0.15) is 0 Å². The first-order chi connectivity index (χ1) is 8.36. The molecule has 0 radical (unpaired) electrons. The Hall–Kier alpha value is -1.55. The highest BCUT2D eigenvalue weighted by Gasteiger charge is 2.27. The number of rotatable bonds is 5. The molecule has 0 fully saturated rings. The quantitative estimate of drug-likeness (QED) is 0.809. The summed E-state index contributed by atoms with van der Waals surface area (Å²) in [6.45, 7) is 4.26. The standard InChI is InChI=1S/C14H22N2O2/c1-14(2,13(17)18-5)15-10-11-6-8-12(9-7-11)16(3)4/h6-9,15H,10H2,1-5H3. The Morgan fingerprint density at radius 1 is 1.28 bits per heavy atom. The van der Waals surface area contributed by atoms with Crippen LogP contribution in [0, 0.1) is 0 Å². The van der Waals surface area contributed by atoms with Crippen LogP contribution in [-0.4, -0.2) is 32.7 Å². The van der Waals surface area contributed by atoms with Gasteiger partial charge in [0, 0.05) is 26.3 Å². The van der Waals surface area contributed by atoms with Crippen molar-refractivity contribution in [2.75, 3.05) is 26.1 Å². The predicted octanol–water partition coefficient (Wildman–Crippen LogP) is 1.79. The van der Waals surface area contributed by atoms with Crippen LogP contribution in [0.3, 0.4) is 0 Å². The summed E-state index contributed by atoms with van der Waals surface area (Å²) in [6, 6.07) is 8.22. The molecule has 100 valence electrons. The topological polar surface area (TPSA) is 41.6 Å². The molecule has 0 aromatic heterocycles. The number of nitrogens with zero attached hydrogens (tertiary/aromatic N) is 1. The summed E-state index contributed by atoms with van der Waals surface area (Å²) in [5.41, 5.74) is 1.62. The number of carbonyl (C=O) groups is 1. The molecule has 1 N–H and O–H groups in total. The molecule has 0 aliphatic heterocycles. The van der Waals surface area contributed by atoms with Gasteiger partial charge in [0.15, 0.2) is 0 Å². The fourth-order valence-corrected chi connectivity index (χ4v) is 1.56. The van der Waals surface area contributed by atoms with Crippen molar-refractivity contribution in [1.29, 1.82) is 0 Å². The minimum Gasteiger partial charge on any atom is -0.468 e. The fourth-order valence-electron chi connectivity index (χ4n) is 1.56. The van der Waals surface area contributed by atoms with Crippen LogP contribution < -0.4 is 10.2 Å². The van der Waals surface area contributed by atoms with Crippen LogP contribution in [0.5, 0.6) is 0 Å². The second kappa shape index (κ2) is 5.87. The third kappa shape index (κ3) is 3.74. The number of benzene rings is 1. The molecule has 0 saturated carbocycles. The Kier molecular flexibility index (Phi) is 4.73. The number of anilines is 1. The lowest BCUT2D eigenvalue weighted by Crippen LogP contribution is -2.46. The molecular formula is C14H22N2O2. The van der Waals surface area contributed by atoms with Gasteiger partial charge in [-0.15, -0.1) is 0 Å². The molecule has 0 saturated heterocycles. The van der Waals surface area contributed by atoms with Crippen molar-refractivity contribution in [2.24, 2.45) is 0 Å². The highest BCUT2D eigenvalue weighted by molar-refractivity contribution is 5.79. The maximum atomic E-state index is 11.5. The minimum atomic E-state index is -0.672. The van der Waals surface area contributed by atoms with Crippen LogP contribution in [0.15, 0.2) is 24.3 Å². The first-order valence-corrected chi connectivity index (χ1v) is 5.96. The summed E-state index contributed by atoms with van der Waals surface area (Å²) in [7, 11) is 5.42. The number of hydrogen-bond acceptors (Lipinski definition) is 4. The Labute approximate surface area is 109 Å². The smallest absolute Gasteiger partial charge is 0.325 e. The number of ether oxygens (including phenoxy) is 1. The van der Waals surface area contributed by atoms with Gasteiger partial charge in [0.25, 0.3) is 0 Å². The van der Waals surface area contributed by atoms with Gasteiger partial charge in [0.1, 0.15) is 5.54 Å². The van der Waals surface area contributed by atoms with Crippen LogP contribution in [0.25, 0.3) is 0 Å². The lowest BCUT2D eigenvalue weighted by Gasteiger charge is -2.23. The van der Waals surface area contributed by atoms with Gasteiger partial charge in [0.05, 0.1) is 7.11 Å². The summed E-state index contributed by atoms with van der Waals surface area (Å²) in [4.78, 5) is 13.6. The van der Waals surface area contributed by atoms with E-state index in [0.717, 1.165) is 11.3 Å². The SMILES string of the molecule is COC(=O)C(C)(C)NCc1ccc(N(C)C)cc1. The van der Waals surface area contributed by atoms with E-state index in [1.807, 2.05) is 27.9 Å². The molecule has 0 bridgehead atoms. The second-order valence-corrected chi connectivity index (χ2v) is 5.03. The van der Waals surface area contributed by atoms with Crippen molar-refractivity contribution in [3.05, 3.63) is 29.8 Å². The zero-order valence-corrected chi connectivity index (χ0v) is 11.8. The molecule has 0 unspecified atom stereocenters. The van der Waals surface area contributed by atoms with Crippen LogP contribution >= 0.6 is 0 Å². The van der Waals surface area contributed by atoms with Gasteiger partial charge in [-0.1, -0.05) is 12.1 Å². The third-order valence-corrected chi connectivity index (χ3v) is 2.88. The fraction of sp³-hybridized carbons (Fsp3) is 0.500. The van der Waals surface area contributed by atoms with Gasteiger partial charge < -0.3 is 9.64 Å². The minimum absolute atomic E-state index is 0.257. The van der Waals surface area contributed by atoms with Crippen molar-refractivity contribution in [2.45, 2.75) is 25.9 Å². The number of nitrogens with one attached hydrogen (secondary N) is 1. The zero-order valence-electron chi connectivity index (χ0n) is 11.8. The van der Waals surface area contributed by atoms with E-state index >= 15 is 0 Å². The lowest BCUT2D eigenvalue weighted by molar-refractivity contribution is -0.147. The molecular weight excluding hydrogens is 228 g/mol. The number of methoxy groups -OCH3 is 1. The van der Waals surface area contributed by atoms with E-state index in [0.29, 0.717) is 6.54 Å².